The quantitative estimate of drug-likeness (QED) is 0.898. The van der Waals surface area contributed by atoms with E-state index in [-0.39, 0.29) is 5.91 Å². The maximum atomic E-state index is 12.9. The number of likely N-dealkylation sites (N-methyl/N-ethyl adjacent to an activating group) is 1. The Morgan fingerprint density at radius 2 is 2.12 bits per heavy atom. The summed E-state index contributed by atoms with van der Waals surface area (Å²) in [5.74, 6) is 1.12. The van der Waals surface area contributed by atoms with Crippen LogP contribution < -0.4 is 0 Å². The molecule has 3 saturated heterocycles. The Labute approximate surface area is 153 Å². The van der Waals surface area contributed by atoms with Crippen molar-refractivity contribution in [1.29, 1.82) is 0 Å². The first-order chi connectivity index (χ1) is 12.7. The van der Waals surface area contributed by atoms with Gasteiger partial charge in [-0.15, -0.1) is 0 Å². The van der Waals surface area contributed by atoms with E-state index in [9.17, 15) is 4.79 Å². The summed E-state index contributed by atoms with van der Waals surface area (Å²) in [7, 11) is 0. The second kappa shape index (κ2) is 6.06. The lowest BCUT2D eigenvalue weighted by atomic mass is 9.70. The fourth-order valence-corrected chi connectivity index (χ4v) is 5.36. The molecule has 6 heteroatoms. The molecule has 1 aromatic heterocycles. The second-order valence-electron chi connectivity index (χ2n) is 8.03. The molecule has 1 N–H and O–H groups in total. The van der Waals surface area contributed by atoms with Crippen LogP contribution in [0.1, 0.15) is 30.4 Å². The van der Waals surface area contributed by atoms with E-state index < -0.39 is 0 Å². The van der Waals surface area contributed by atoms with Crippen molar-refractivity contribution < 1.29 is 9.53 Å². The summed E-state index contributed by atoms with van der Waals surface area (Å²) in [6.45, 7) is 7.89. The first-order valence-corrected chi connectivity index (χ1v) is 9.76. The number of hydrogen-bond acceptors (Lipinski definition) is 4. The first-order valence-electron chi connectivity index (χ1n) is 9.76. The second-order valence-corrected chi connectivity index (χ2v) is 8.03. The lowest BCUT2D eigenvalue weighted by Crippen LogP contribution is -2.47. The number of rotatable bonds is 2. The number of nitrogens with zero attached hydrogens (tertiary/aromatic N) is 3. The Hall–Kier alpha value is -1.92. The number of carbonyl (C=O) groups excluding carboxylic acids is 1. The van der Waals surface area contributed by atoms with Gasteiger partial charge in [0.2, 0.25) is 0 Å². The minimum absolute atomic E-state index is 0.0283. The zero-order chi connectivity index (χ0) is 17.7. The minimum Gasteiger partial charge on any atom is -0.379 e. The molecule has 138 valence electrons. The zero-order valence-electron chi connectivity index (χ0n) is 15.3. The SMILES string of the molecule is CCN1CC2(CCN(C(=O)c3nc4ccccc4[nH]3)CC2)[C@@H]2COC[C@@H]21. The number of piperidine rings is 1. The molecule has 3 fully saturated rings. The van der Waals surface area contributed by atoms with Gasteiger partial charge in [0.05, 0.1) is 24.2 Å². The monoisotopic (exact) mass is 354 g/mol. The van der Waals surface area contributed by atoms with Crippen LogP contribution in [-0.2, 0) is 4.74 Å². The van der Waals surface area contributed by atoms with Crippen LogP contribution in [0.3, 0.4) is 0 Å². The van der Waals surface area contributed by atoms with E-state index in [4.69, 9.17) is 4.74 Å². The molecular weight excluding hydrogens is 328 g/mol. The fourth-order valence-electron chi connectivity index (χ4n) is 5.36. The van der Waals surface area contributed by atoms with E-state index in [0.29, 0.717) is 23.2 Å². The number of para-hydroxylation sites is 2. The van der Waals surface area contributed by atoms with E-state index >= 15 is 0 Å². The molecule has 1 spiro atoms. The van der Waals surface area contributed by atoms with Crippen molar-refractivity contribution in [2.45, 2.75) is 25.8 Å². The highest BCUT2D eigenvalue weighted by Gasteiger charge is 2.55. The summed E-state index contributed by atoms with van der Waals surface area (Å²) in [4.78, 5) is 25.1. The van der Waals surface area contributed by atoms with E-state index in [2.05, 4.69) is 21.8 Å². The predicted molar refractivity (Wildman–Crippen MR) is 99.0 cm³/mol. The van der Waals surface area contributed by atoms with Crippen LogP contribution in [-0.4, -0.2) is 71.1 Å². The van der Waals surface area contributed by atoms with Gasteiger partial charge in [0, 0.05) is 31.6 Å². The molecule has 0 aliphatic carbocycles. The smallest absolute Gasteiger partial charge is 0.289 e. The Morgan fingerprint density at radius 3 is 2.88 bits per heavy atom. The van der Waals surface area contributed by atoms with Crippen molar-refractivity contribution in [1.82, 2.24) is 19.8 Å². The van der Waals surface area contributed by atoms with Crippen molar-refractivity contribution in [3.05, 3.63) is 30.1 Å². The molecule has 4 heterocycles. The topological polar surface area (TPSA) is 61.5 Å². The lowest BCUT2D eigenvalue weighted by molar-refractivity contribution is 0.0396. The van der Waals surface area contributed by atoms with E-state index in [1.54, 1.807) is 0 Å². The Balaban J connectivity index is 1.31. The number of benzene rings is 1. The summed E-state index contributed by atoms with van der Waals surface area (Å²) in [5.41, 5.74) is 2.09. The van der Waals surface area contributed by atoms with Crippen LogP contribution in [0.2, 0.25) is 0 Å². The third kappa shape index (κ3) is 2.39. The summed E-state index contributed by atoms with van der Waals surface area (Å²) >= 11 is 0. The third-order valence-electron chi connectivity index (χ3n) is 6.87. The number of fused-ring (bicyclic) bond motifs is 3. The van der Waals surface area contributed by atoms with Gasteiger partial charge in [-0.05, 0) is 36.9 Å². The molecule has 1 amide bonds. The van der Waals surface area contributed by atoms with Crippen LogP contribution in [0.25, 0.3) is 11.0 Å². The standard InChI is InChI=1S/C20H26N4O2/c1-2-23-13-20(14-11-26-12-17(14)23)7-9-24(10-8-20)19(25)18-21-15-5-3-4-6-16(15)22-18/h3-6,14,17H,2,7-13H2,1H3,(H,21,22)/t14-,17+/m1/s1. The Bertz CT molecular complexity index is 791. The average molecular weight is 354 g/mol. The number of amides is 1. The van der Waals surface area contributed by atoms with E-state index in [1.165, 1.54) is 0 Å². The van der Waals surface area contributed by atoms with Crippen molar-refractivity contribution >= 4 is 16.9 Å². The molecule has 0 radical (unpaired) electrons. The van der Waals surface area contributed by atoms with Crippen LogP contribution >= 0.6 is 0 Å². The van der Waals surface area contributed by atoms with Gasteiger partial charge in [-0.25, -0.2) is 4.98 Å². The minimum atomic E-state index is 0.0283. The van der Waals surface area contributed by atoms with Crippen molar-refractivity contribution in [2.24, 2.45) is 11.3 Å². The zero-order valence-corrected chi connectivity index (χ0v) is 15.3. The maximum Gasteiger partial charge on any atom is 0.289 e. The Morgan fingerprint density at radius 1 is 1.31 bits per heavy atom. The predicted octanol–water partition coefficient (Wildman–Crippen LogP) is 2.14. The number of hydrogen-bond donors (Lipinski definition) is 1. The first kappa shape index (κ1) is 16.3. The van der Waals surface area contributed by atoms with Gasteiger partial charge in [0.15, 0.2) is 5.82 Å². The van der Waals surface area contributed by atoms with Gasteiger partial charge in [-0.3, -0.25) is 9.69 Å². The van der Waals surface area contributed by atoms with Gasteiger partial charge in [0.1, 0.15) is 0 Å². The molecule has 0 saturated carbocycles. The van der Waals surface area contributed by atoms with Crippen molar-refractivity contribution in [3.63, 3.8) is 0 Å². The highest BCUT2D eigenvalue weighted by Crippen LogP contribution is 2.50. The van der Waals surface area contributed by atoms with Crippen LogP contribution in [0.15, 0.2) is 24.3 Å². The molecule has 3 aliphatic heterocycles. The van der Waals surface area contributed by atoms with Gasteiger partial charge in [-0.2, -0.15) is 0 Å². The van der Waals surface area contributed by atoms with Gasteiger partial charge in [-0.1, -0.05) is 19.1 Å². The number of likely N-dealkylation sites (tertiary alicyclic amines) is 2. The molecule has 1 aromatic carbocycles. The normalized spacial score (nSPS) is 28.1. The van der Waals surface area contributed by atoms with Crippen LogP contribution in [0, 0.1) is 11.3 Å². The number of H-pyrrole nitrogens is 1. The highest BCUT2D eigenvalue weighted by molar-refractivity contribution is 5.94. The third-order valence-corrected chi connectivity index (χ3v) is 6.87. The molecule has 26 heavy (non-hydrogen) atoms. The molecule has 2 atom stereocenters. The maximum absolute atomic E-state index is 12.9. The largest absolute Gasteiger partial charge is 0.379 e. The number of carbonyl (C=O) groups is 1. The van der Waals surface area contributed by atoms with Crippen molar-refractivity contribution in [2.75, 3.05) is 39.4 Å². The van der Waals surface area contributed by atoms with Gasteiger partial charge < -0.3 is 14.6 Å². The molecular formula is C20H26N4O2. The summed E-state index contributed by atoms with van der Waals surface area (Å²) in [5, 5.41) is 0. The summed E-state index contributed by atoms with van der Waals surface area (Å²) in [6, 6.07) is 8.38. The lowest BCUT2D eigenvalue weighted by Gasteiger charge is -2.42. The number of nitrogens with one attached hydrogen (secondary N) is 1. The van der Waals surface area contributed by atoms with Crippen LogP contribution in [0.5, 0.6) is 0 Å². The van der Waals surface area contributed by atoms with Crippen molar-refractivity contribution in [3.8, 4) is 0 Å². The van der Waals surface area contributed by atoms with E-state index in [0.717, 1.165) is 63.3 Å². The fraction of sp³-hybridized carbons (Fsp3) is 0.600. The number of aromatic nitrogens is 2. The molecule has 2 aromatic rings. The Kier molecular flexibility index (Phi) is 3.79. The van der Waals surface area contributed by atoms with Gasteiger partial charge >= 0.3 is 0 Å². The molecule has 5 rings (SSSR count). The van der Waals surface area contributed by atoms with Crippen LogP contribution in [0.4, 0.5) is 0 Å². The summed E-state index contributed by atoms with van der Waals surface area (Å²) < 4.78 is 5.81. The molecule has 6 nitrogen and oxygen atoms in total. The highest BCUT2D eigenvalue weighted by atomic mass is 16.5. The average Bonchev–Trinajstić information content (AvgIpc) is 3.37. The number of aromatic amines is 1. The number of imidazole rings is 1. The van der Waals surface area contributed by atoms with Gasteiger partial charge in [0.25, 0.3) is 5.91 Å². The number of ether oxygens (including phenoxy) is 1. The molecule has 3 aliphatic rings. The molecule has 0 bridgehead atoms. The molecule has 0 unspecified atom stereocenters. The summed E-state index contributed by atoms with van der Waals surface area (Å²) in [6.07, 6.45) is 2.14. The van der Waals surface area contributed by atoms with E-state index in [1.807, 2.05) is 29.2 Å².